The zero-order valence-corrected chi connectivity index (χ0v) is 10.0. The number of phenols is 1. The smallest absolute Gasteiger partial charge is 0.252 e. The lowest BCUT2D eigenvalue weighted by molar-refractivity contribution is 0.0946. The van der Waals surface area contributed by atoms with Gasteiger partial charge in [-0.05, 0) is 32.0 Å². The number of phenolic OH excluding ortho intramolecular Hbond substituents is 1. The molecular formula is C11H15ClN2O2. The van der Waals surface area contributed by atoms with Gasteiger partial charge < -0.3 is 16.2 Å². The minimum Gasteiger partial charge on any atom is -0.508 e. The van der Waals surface area contributed by atoms with E-state index in [1.54, 1.807) is 13.8 Å². The molecule has 0 unspecified atom stereocenters. The summed E-state index contributed by atoms with van der Waals surface area (Å²) in [5, 5.41) is 12.2. The number of hydrogen-bond acceptors (Lipinski definition) is 3. The van der Waals surface area contributed by atoms with E-state index in [4.69, 9.17) is 17.3 Å². The Morgan fingerprint density at radius 1 is 1.56 bits per heavy atom. The molecule has 1 aromatic rings. The Morgan fingerprint density at radius 3 is 2.75 bits per heavy atom. The molecule has 0 heterocycles. The highest BCUT2D eigenvalue weighted by molar-refractivity contribution is 6.33. The van der Waals surface area contributed by atoms with Gasteiger partial charge in [-0.2, -0.15) is 0 Å². The first-order valence-electron chi connectivity index (χ1n) is 4.85. The Balaban J connectivity index is 2.77. The third kappa shape index (κ3) is 3.72. The van der Waals surface area contributed by atoms with E-state index >= 15 is 0 Å². The van der Waals surface area contributed by atoms with Gasteiger partial charge in [0.2, 0.25) is 0 Å². The molecule has 4 nitrogen and oxygen atoms in total. The Kier molecular flexibility index (Phi) is 3.78. The number of aromatic hydroxyl groups is 1. The van der Waals surface area contributed by atoms with Crippen LogP contribution < -0.4 is 11.1 Å². The molecule has 0 saturated heterocycles. The molecule has 0 atom stereocenters. The Labute approximate surface area is 99.4 Å². The van der Waals surface area contributed by atoms with Crippen LogP contribution in [0.1, 0.15) is 24.2 Å². The average molecular weight is 243 g/mol. The lowest BCUT2D eigenvalue weighted by Crippen LogP contribution is -2.45. The Bertz CT molecular complexity index is 399. The molecular weight excluding hydrogens is 228 g/mol. The third-order valence-electron chi connectivity index (χ3n) is 1.90. The molecule has 88 valence electrons. The molecule has 0 saturated carbocycles. The molecule has 0 spiro atoms. The summed E-state index contributed by atoms with van der Waals surface area (Å²) >= 11 is 5.84. The van der Waals surface area contributed by atoms with E-state index in [9.17, 15) is 9.90 Å². The number of halogens is 1. The van der Waals surface area contributed by atoms with Gasteiger partial charge in [-0.3, -0.25) is 4.79 Å². The number of nitrogens with two attached hydrogens (primary N) is 1. The summed E-state index contributed by atoms with van der Waals surface area (Å²) in [4.78, 5) is 11.7. The molecule has 1 rings (SSSR count). The van der Waals surface area contributed by atoms with Crippen LogP contribution in [-0.4, -0.2) is 23.1 Å². The lowest BCUT2D eigenvalue weighted by atomic mass is 10.1. The highest BCUT2D eigenvalue weighted by atomic mass is 35.5. The second-order valence-electron chi connectivity index (χ2n) is 4.34. The summed E-state index contributed by atoms with van der Waals surface area (Å²) in [6.45, 7) is 3.94. The van der Waals surface area contributed by atoms with E-state index in [2.05, 4.69) is 5.32 Å². The summed E-state index contributed by atoms with van der Waals surface area (Å²) in [6, 6.07) is 4.21. The maximum atomic E-state index is 11.7. The molecule has 0 radical (unpaired) electrons. The van der Waals surface area contributed by atoms with Crippen molar-refractivity contribution < 1.29 is 9.90 Å². The molecule has 0 aliphatic heterocycles. The van der Waals surface area contributed by atoms with Crippen LogP contribution in [0.5, 0.6) is 5.75 Å². The second kappa shape index (κ2) is 4.72. The van der Waals surface area contributed by atoms with Gasteiger partial charge in [0.05, 0.1) is 10.6 Å². The first-order chi connectivity index (χ1) is 7.29. The largest absolute Gasteiger partial charge is 0.508 e. The highest BCUT2D eigenvalue weighted by Crippen LogP contribution is 2.20. The minimum absolute atomic E-state index is 0.00144. The number of carbonyl (C=O) groups excluding carboxylic acids is 1. The van der Waals surface area contributed by atoms with Crippen LogP contribution in [0.15, 0.2) is 18.2 Å². The van der Waals surface area contributed by atoms with Gasteiger partial charge in [0.1, 0.15) is 5.75 Å². The van der Waals surface area contributed by atoms with Crippen molar-refractivity contribution in [2.24, 2.45) is 5.73 Å². The van der Waals surface area contributed by atoms with Crippen LogP contribution in [-0.2, 0) is 0 Å². The van der Waals surface area contributed by atoms with E-state index in [0.717, 1.165) is 0 Å². The fraction of sp³-hybridized carbons (Fsp3) is 0.364. The number of rotatable bonds is 3. The van der Waals surface area contributed by atoms with Crippen LogP contribution in [0.25, 0.3) is 0 Å². The van der Waals surface area contributed by atoms with Crippen LogP contribution in [0.4, 0.5) is 0 Å². The normalized spacial score (nSPS) is 11.2. The fourth-order valence-electron chi connectivity index (χ4n) is 1.09. The molecule has 0 bridgehead atoms. The molecule has 1 aromatic carbocycles. The predicted molar refractivity (Wildman–Crippen MR) is 63.7 cm³/mol. The number of hydrogen-bond donors (Lipinski definition) is 3. The topological polar surface area (TPSA) is 75.3 Å². The Morgan fingerprint density at radius 2 is 2.19 bits per heavy atom. The van der Waals surface area contributed by atoms with Crippen molar-refractivity contribution >= 4 is 17.5 Å². The van der Waals surface area contributed by atoms with Gasteiger partial charge in [-0.15, -0.1) is 0 Å². The lowest BCUT2D eigenvalue weighted by Gasteiger charge is -2.19. The van der Waals surface area contributed by atoms with Crippen LogP contribution >= 0.6 is 11.6 Å². The maximum Gasteiger partial charge on any atom is 0.252 e. The van der Waals surface area contributed by atoms with Gasteiger partial charge in [-0.25, -0.2) is 0 Å². The zero-order valence-electron chi connectivity index (χ0n) is 9.25. The maximum absolute atomic E-state index is 11.7. The van der Waals surface area contributed by atoms with Crippen molar-refractivity contribution in [3.63, 3.8) is 0 Å². The summed E-state index contributed by atoms with van der Waals surface area (Å²) in [5.41, 5.74) is 5.49. The van der Waals surface area contributed by atoms with Crippen molar-refractivity contribution in [3.8, 4) is 5.75 Å². The summed E-state index contributed by atoms with van der Waals surface area (Å²) in [5.74, 6) is -0.346. The molecule has 1 amide bonds. The van der Waals surface area contributed by atoms with Crippen LogP contribution in [0.2, 0.25) is 5.02 Å². The minimum atomic E-state index is -0.487. The van der Waals surface area contributed by atoms with Crippen molar-refractivity contribution in [3.05, 3.63) is 28.8 Å². The van der Waals surface area contributed by atoms with E-state index in [1.165, 1.54) is 18.2 Å². The molecule has 5 heteroatoms. The zero-order chi connectivity index (χ0) is 12.3. The standard InChI is InChI=1S/C11H15ClN2O2/c1-11(2,13)6-14-10(16)8-5-7(15)3-4-9(8)12/h3-5,15H,6,13H2,1-2H3,(H,14,16). The SMILES string of the molecule is CC(C)(N)CNC(=O)c1cc(O)ccc1Cl. The average Bonchev–Trinajstić information content (AvgIpc) is 2.17. The Hall–Kier alpha value is -1.26. The van der Waals surface area contributed by atoms with Crippen molar-refractivity contribution in [1.82, 2.24) is 5.32 Å². The summed E-state index contributed by atoms with van der Waals surface area (Å²) in [6.07, 6.45) is 0. The predicted octanol–water partition coefficient (Wildman–Crippen LogP) is 1.51. The van der Waals surface area contributed by atoms with Crippen LogP contribution in [0.3, 0.4) is 0 Å². The van der Waals surface area contributed by atoms with Gasteiger partial charge in [0, 0.05) is 12.1 Å². The first kappa shape index (κ1) is 12.8. The van der Waals surface area contributed by atoms with Gasteiger partial charge >= 0.3 is 0 Å². The monoisotopic (exact) mass is 242 g/mol. The molecule has 16 heavy (non-hydrogen) atoms. The molecule has 0 aromatic heterocycles. The number of nitrogens with one attached hydrogen (secondary N) is 1. The molecule has 0 fully saturated rings. The summed E-state index contributed by atoms with van der Waals surface area (Å²) in [7, 11) is 0. The van der Waals surface area contributed by atoms with E-state index < -0.39 is 5.54 Å². The molecule has 0 aliphatic carbocycles. The van der Waals surface area contributed by atoms with Gasteiger partial charge in [0.25, 0.3) is 5.91 Å². The molecule has 0 aliphatic rings. The second-order valence-corrected chi connectivity index (χ2v) is 4.74. The van der Waals surface area contributed by atoms with Crippen LogP contribution in [0, 0.1) is 0 Å². The van der Waals surface area contributed by atoms with Gasteiger partial charge in [-0.1, -0.05) is 11.6 Å². The summed E-state index contributed by atoms with van der Waals surface area (Å²) < 4.78 is 0. The highest BCUT2D eigenvalue weighted by Gasteiger charge is 2.15. The first-order valence-corrected chi connectivity index (χ1v) is 5.23. The van der Waals surface area contributed by atoms with E-state index in [-0.39, 0.29) is 17.2 Å². The number of carbonyl (C=O) groups is 1. The van der Waals surface area contributed by atoms with E-state index in [0.29, 0.717) is 11.6 Å². The number of amides is 1. The van der Waals surface area contributed by atoms with Crippen molar-refractivity contribution in [1.29, 1.82) is 0 Å². The molecule has 4 N–H and O–H groups in total. The number of benzene rings is 1. The van der Waals surface area contributed by atoms with Gasteiger partial charge in [0.15, 0.2) is 0 Å². The van der Waals surface area contributed by atoms with Crippen molar-refractivity contribution in [2.75, 3.05) is 6.54 Å². The quantitative estimate of drug-likeness (QED) is 0.752. The van der Waals surface area contributed by atoms with Crippen molar-refractivity contribution in [2.45, 2.75) is 19.4 Å². The third-order valence-corrected chi connectivity index (χ3v) is 2.23. The van der Waals surface area contributed by atoms with E-state index in [1.807, 2.05) is 0 Å². The fourth-order valence-corrected chi connectivity index (χ4v) is 1.29.